The van der Waals surface area contributed by atoms with E-state index in [9.17, 15) is 14.7 Å². The van der Waals surface area contributed by atoms with E-state index < -0.39 is 11.5 Å². The summed E-state index contributed by atoms with van der Waals surface area (Å²) in [6, 6.07) is 12.8. The Morgan fingerprint density at radius 2 is 2.05 bits per heavy atom. The summed E-state index contributed by atoms with van der Waals surface area (Å²) in [5.41, 5.74) is 1.11. The summed E-state index contributed by atoms with van der Waals surface area (Å²) in [5.74, 6) is 2.68. The van der Waals surface area contributed by atoms with Gasteiger partial charge >= 0.3 is 0 Å². The monoisotopic (exact) mass is 556 g/mol. The number of hydrogen-bond donors (Lipinski definition) is 3. The Labute approximate surface area is 235 Å². The van der Waals surface area contributed by atoms with Crippen molar-refractivity contribution in [1.29, 1.82) is 0 Å². The predicted octanol–water partition coefficient (Wildman–Crippen LogP) is 4.44. The SMILES string of the molecule is Cc1oc2c(Oc3ccc4c(c3)OCO4)cccc2c1CN(C)C(=O)/C=C/c1cnc2c(c1)NC[C@@](C)(O)C(=O)N2. The van der Waals surface area contributed by atoms with Crippen molar-refractivity contribution in [1.82, 2.24) is 9.88 Å². The average Bonchev–Trinajstić information content (AvgIpc) is 3.52. The van der Waals surface area contributed by atoms with E-state index in [1.165, 1.54) is 13.0 Å². The fraction of sp³-hybridized carbons (Fsp3) is 0.233. The first kappa shape index (κ1) is 26.2. The number of likely N-dealkylation sites (N-methyl/N-ethyl adjacent to an activating group) is 1. The molecule has 4 aromatic rings. The first-order valence-corrected chi connectivity index (χ1v) is 13.0. The van der Waals surface area contributed by atoms with Crippen molar-refractivity contribution in [3.63, 3.8) is 0 Å². The highest BCUT2D eigenvalue weighted by Crippen LogP contribution is 2.39. The maximum Gasteiger partial charge on any atom is 0.259 e. The molecule has 11 heteroatoms. The minimum atomic E-state index is -1.57. The fourth-order valence-electron chi connectivity index (χ4n) is 4.61. The second-order valence-electron chi connectivity index (χ2n) is 10.2. The molecule has 3 N–H and O–H groups in total. The summed E-state index contributed by atoms with van der Waals surface area (Å²) < 4.78 is 23.0. The highest BCUT2D eigenvalue weighted by Gasteiger charge is 2.33. The zero-order valence-corrected chi connectivity index (χ0v) is 22.7. The van der Waals surface area contributed by atoms with Gasteiger partial charge in [0.2, 0.25) is 12.7 Å². The number of ether oxygens (including phenoxy) is 3. The van der Waals surface area contributed by atoms with E-state index in [1.807, 2.05) is 25.1 Å². The van der Waals surface area contributed by atoms with E-state index >= 15 is 0 Å². The van der Waals surface area contributed by atoms with Crippen LogP contribution in [0, 0.1) is 6.92 Å². The number of β-amino-alcohol motifs (C(OH)–C–C–N with tert-alkyl or cyclic N) is 1. The number of aromatic nitrogens is 1. The van der Waals surface area contributed by atoms with Crippen LogP contribution in [0.5, 0.6) is 23.0 Å². The number of amides is 2. The van der Waals surface area contributed by atoms with Crippen LogP contribution >= 0.6 is 0 Å². The second kappa shape index (κ2) is 10.2. The third-order valence-electron chi connectivity index (χ3n) is 7.00. The summed E-state index contributed by atoms with van der Waals surface area (Å²) in [6.07, 6.45) is 4.65. The first-order valence-electron chi connectivity index (χ1n) is 13.0. The lowest BCUT2D eigenvalue weighted by Crippen LogP contribution is -2.43. The number of pyridine rings is 1. The van der Waals surface area contributed by atoms with Crippen molar-refractivity contribution in [3.05, 3.63) is 71.6 Å². The highest BCUT2D eigenvalue weighted by molar-refractivity contribution is 6.00. The second-order valence-corrected chi connectivity index (χ2v) is 10.2. The Kier molecular flexibility index (Phi) is 6.50. The molecule has 210 valence electrons. The quantitative estimate of drug-likeness (QED) is 0.295. The molecule has 2 aromatic carbocycles. The van der Waals surface area contributed by atoms with Crippen molar-refractivity contribution in [2.45, 2.75) is 26.0 Å². The van der Waals surface area contributed by atoms with Gasteiger partial charge in [-0.1, -0.05) is 12.1 Å². The number of rotatable bonds is 6. The molecule has 2 aromatic heterocycles. The van der Waals surface area contributed by atoms with Crippen molar-refractivity contribution in [3.8, 4) is 23.0 Å². The molecule has 0 radical (unpaired) electrons. The number of para-hydroxylation sites is 1. The van der Waals surface area contributed by atoms with Crippen LogP contribution in [0.15, 0.2) is 59.2 Å². The lowest BCUT2D eigenvalue weighted by molar-refractivity contribution is -0.131. The van der Waals surface area contributed by atoms with Crippen molar-refractivity contribution in [2.75, 3.05) is 31.0 Å². The number of hydrogen-bond acceptors (Lipinski definition) is 9. The molecule has 0 bridgehead atoms. The standard InChI is InChI=1S/C30H28N4O7/c1-17-21(20-5-4-6-24(27(20)40-17)41-19-8-9-23-25(12-19)39-16-38-23)14-34(3)26(35)10-7-18-11-22-28(31-13-18)33-29(36)30(2,37)15-32-22/h4-13,32,37H,14-16H2,1-3H3,(H,31,33,36)/b10-7+/t30-/m1/s1. The van der Waals surface area contributed by atoms with Gasteiger partial charge < -0.3 is 39.3 Å². The molecule has 0 aliphatic carbocycles. The van der Waals surface area contributed by atoms with Crippen LogP contribution < -0.4 is 24.8 Å². The molecular formula is C30H28N4O7. The van der Waals surface area contributed by atoms with E-state index in [1.54, 1.807) is 48.5 Å². The smallest absolute Gasteiger partial charge is 0.259 e. The molecule has 1 atom stereocenters. The molecule has 41 heavy (non-hydrogen) atoms. The molecule has 0 fully saturated rings. The minimum absolute atomic E-state index is 0.0316. The van der Waals surface area contributed by atoms with Crippen LogP contribution in [-0.4, -0.2) is 52.8 Å². The van der Waals surface area contributed by atoms with Gasteiger partial charge in [-0.15, -0.1) is 0 Å². The molecule has 4 heterocycles. The van der Waals surface area contributed by atoms with Gasteiger partial charge in [-0.05, 0) is 49.8 Å². The molecule has 2 amide bonds. The molecule has 2 aliphatic heterocycles. The Balaban J connectivity index is 1.16. The maximum absolute atomic E-state index is 13.0. The van der Waals surface area contributed by atoms with Crippen LogP contribution in [0.25, 0.3) is 17.0 Å². The van der Waals surface area contributed by atoms with Gasteiger partial charge in [-0.2, -0.15) is 0 Å². The van der Waals surface area contributed by atoms with Crippen LogP contribution in [0.2, 0.25) is 0 Å². The van der Waals surface area contributed by atoms with Crippen molar-refractivity contribution >= 4 is 40.4 Å². The predicted molar refractivity (Wildman–Crippen MR) is 151 cm³/mol. The van der Waals surface area contributed by atoms with E-state index in [0.717, 1.165) is 10.9 Å². The lowest BCUT2D eigenvalue weighted by atomic mass is 10.1. The molecule has 6 rings (SSSR count). The number of nitrogens with zero attached hydrogens (tertiary/aromatic N) is 2. The highest BCUT2D eigenvalue weighted by atomic mass is 16.7. The van der Waals surface area contributed by atoms with Gasteiger partial charge in [0.15, 0.2) is 34.3 Å². The van der Waals surface area contributed by atoms with Gasteiger partial charge in [0.1, 0.15) is 11.5 Å². The summed E-state index contributed by atoms with van der Waals surface area (Å²) >= 11 is 0. The summed E-state index contributed by atoms with van der Waals surface area (Å²) in [5, 5.41) is 16.7. The average molecular weight is 557 g/mol. The topological polar surface area (TPSA) is 135 Å². The summed E-state index contributed by atoms with van der Waals surface area (Å²) in [6.45, 7) is 3.82. The zero-order chi connectivity index (χ0) is 28.7. The van der Waals surface area contributed by atoms with Crippen molar-refractivity contribution < 1.29 is 33.3 Å². The summed E-state index contributed by atoms with van der Waals surface area (Å²) in [7, 11) is 1.71. The largest absolute Gasteiger partial charge is 0.457 e. The Morgan fingerprint density at radius 3 is 2.90 bits per heavy atom. The third kappa shape index (κ3) is 5.14. The number of aliphatic hydroxyl groups is 1. The van der Waals surface area contributed by atoms with Gasteiger partial charge in [-0.25, -0.2) is 4.98 Å². The van der Waals surface area contributed by atoms with Gasteiger partial charge in [0.25, 0.3) is 5.91 Å². The van der Waals surface area contributed by atoms with E-state index in [-0.39, 0.29) is 19.2 Å². The van der Waals surface area contributed by atoms with Crippen molar-refractivity contribution in [2.24, 2.45) is 0 Å². The zero-order valence-electron chi connectivity index (χ0n) is 22.7. The van der Waals surface area contributed by atoms with Crippen LogP contribution in [0.4, 0.5) is 11.5 Å². The molecule has 0 spiro atoms. The number of benzene rings is 2. The Hall–Kier alpha value is -5.03. The van der Waals surface area contributed by atoms with E-state index in [2.05, 4.69) is 15.6 Å². The third-order valence-corrected chi connectivity index (χ3v) is 7.00. The number of anilines is 2. The number of carbonyl (C=O) groups is 2. The summed E-state index contributed by atoms with van der Waals surface area (Å²) in [4.78, 5) is 31.0. The molecule has 11 nitrogen and oxygen atoms in total. The Morgan fingerprint density at radius 1 is 1.22 bits per heavy atom. The molecule has 0 saturated carbocycles. The van der Waals surface area contributed by atoms with Crippen LogP contribution in [0.1, 0.15) is 23.8 Å². The minimum Gasteiger partial charge on any atom is -0.457 e. The first-order chi connectivity index (χ1) is 19.7. The number of nitrogens with one attached hydrogen (secondary N) is 2. The van der Waals surface area contributed by atoms with E-state index in [0.29, 0.717) is 58.0 Å². The number of carbonyl (C=O) groups excluding carboxylic acids is 2. The number of aryl methyl sites for hydroxylation is 1. The molecule has 0 saturated heterocycles. The molecular weight excluding hydrogens is 528 g/mol. The normalized spacial score (nSPS) is 17.6. The molecule has 0 unspecified atom stereocenters. The Bertz CT molecular complexity index is 1710. The lowest BCUT2D eigenvalue weighted by Gasteiger charge is -2.18. The van der Waals surface area contributed by atoms with Gasteiger partial charge in [-0.3, -0.25) is 9.59 Å². The van der Waals surface area contributed by atoms with E-state index in [4.69, 9.17) is 18.6 Å². The number of furan rings is 1. The van der Waals surface area contributed by atoms with Crippen LogP contribution in [0.3, 0.4) is 0 Å². The number of fused-ring (bicyclic) bond motifs is 3. The van der Waals surface area contributed by atoms with Gasteiger partial charge in [0, 0.05) is 42.9 Å². The maximum atomic E-state index is 13.0. The van der Waals surface area contributed by atoms with Crippen LogP contribution in [-0.2, 0) is 16.1 Å². The fourth-order valence-corrected chi connectivity index (χ4v) is 4.61. The molecule has 2 aliphatic rings. The van der Waals surface area contributed by atoms with Gasteiger partial charge in [0.05, 0.1) is 12.2 Å².